The first-order valence-electron chi connectivity index (χ1n) is 7.58. The van der Waals surface area contributed by atoms with Gasteiger partial charge in [-0.1, -0.05) is 35.5 Å². The number of benzene rings is 1. The van der Waals surface area contributed by atoms with E-state index in [1.807, 2.05) is 36.4 Å². The molecule has 1 amide bonds. The molecule has 5 nitrogen and oxygen atoms in total. The second kappa shape index (κ2) is 5.93. The van der Waals surface area contributed by atoms with Crippen LogP contribution in [0.3, 0.4) is 0 Å². The van der Waals surface area contributed by atoms with Crippen LogP contribution in [0.1, 0.15) is 18.6 Å². The second-order valence-corrected chi connectivity index (χ2v) is 6.03. The molecule has 1 fully saturated rings. The van der Waals surface area contributed by atoms with Crippen LogP contribution in [0, 0.1) is 0 Å². The van der Waals surface area contributed by atoms with Gasteiger partial charge < -0.3 is 14.7 Å². The predicted molar refractivity (Wildman–Crippen MR) is 84.3 cm³/mol. The molecule has 0 aliphatic carbocycles. The normalized spacial score (nSPS) is 21.0. The van der Waals surface area contributed by atoms with E-state index in [-0.39, 0.29) is 5.91 Å². The highest BCUT2D eigenvalue weighted by Crippen LogP contribution is 2.28. The van der Waals surface area contributed by atoms with Crippen LogP contribution in [0.5, 0.6) is 0 Å². The van der Waals surface area contributed by atoms with Crippen LogP contribution >= 0.6 is 0 Å². The molecule has 1 saturated heterocycles. The lowest BCUT2D eigenvalue weighted by Crippen LogP contribution is -2.54. The summed E-state index contributed by atoms with van der Waals surface area (Å²) >= 11 is 0. The molecule has 116 valence electrons. The van der Waals surface area contributed by atoms with Gasteiger partial charge in [0.05, 0.1) is 0 Å². The van der Waals surface area contributed by atoms with Crippen molar-refractivity contribution in [3.05, 3.63) is 42.2 Å². The van der Waals surface area contributed by atoms with E-state index in [1.54, 1.807) is 19.0 Å². The van der Waals surface area contributed by atoms with Crippen LogP contribution in [0.4, 0.5) is 0 Å². The Balaban J connectivity index is 1.83. The highest BCUT2D eigenvalue weighted by atomic mass is 16.5. The highest BCUT2D eigenvalue weighted by Gasteiger charge is 2.42. The average molecular weight is 299 g/mol. The number of carbonyl (C=O) groups is 1. The van der Waals surface area contributed by atoms with Crippen molar-refractivity contribution in [2.24, 2.45) is 0 Å². The van der Waals surface area contributed by atoms with E-state index in [9.17, 15) is 4.79 Å². The third kappa shape index (κ3) is 2.76. The molecule has 22 heavy (non-hydrogen) atoms. The highest BCUT2D eigenvalue weighted by molar-refractivity contribution is 5.86. The van der Waals surface area contributed by atoms with E-state index in [0.29, 0.717) is 6.42 Å². The van der Waals surface area contributed by atoms with Gasteiger partial charge in [-0.05, 0) is 19.4 Å². The molecule has 0 radical (unpaired) electrons. The number of hydrogen-bond donors (Lipinski definition) is 1. The topological polar surface area (TPSA) is 58.4 Å². The summed E-state index contributed by atoms with van der Waals surface area (Å²) < 4.78 is 5.48. The van der Waals surface area contributed by atoms with Gasteiger partial charge in [0.1, 0.15) is 17.0 Å². The number of amides is 1. The Morgan fingerprint density at radius 3 is 2.77 bits per heavy atom. The molecule has 0 saturated carbocycles. The zero-order valence-corrected chi connectivity index (χ0v) is 13.0. The molecule has 0 spiro atoms. The number of nitrogens with zero attached hydrogens (tertiary/aromatic N) is 2. The summed E-state index contributed by atoms with van der Waals surface area (Å²) in [5, 5.41) is 7.51. The fourth-order valence-electron chi connectivity index (χ4n) is 3.08. The third-order valence-electron chi connectivity index (χ3n) is 4.16. The Hall–Kier alpha value is -2.14. The molecule has 1 atom stereocenters. The summed E-state index contributed by atoms with van der Waals surface area (Å²) in [7, 11) is 3.58. The summed E-state index contributed by atoms with van der Waals surface area (Å²) in [5.41, 5.74) is 1.27. The molecule has 1 aliphatic rings. The van der Waals surface area contributed by atoms with E-state index < -0.39 is 5.54 Å². The van der Waals surface area contributed by atoms with Gasteiger partial charge in [0.2, 0.25) is 5.91 Å². The minimum atomic E-state index is -0.559. The maximum absolute atomic E-state index is 12.5. The number of likely N-dealkylation sites (N-methyl/N-ethyl adjacent to an activating group) is 1. The van der Waals surface area contributed by atoms with Gasteiger partial charge in [0.25, 0.3) is 0 Å². The summed E-state index contributed by atoms with van der Waals surface area (Å²) in [4.78, 5) is 14.2. The average Bonchev–Trinajstić information content (AvgIpc) is 3.18. The van der Waals surface area contributed by atoms with Crippen molar-refractivity contribution in [3.63, 3.8) is 0 Å². The van der Waals surface area contributed by atoms with Crippen LogP contribution in [0.15, 0.2) is 40.9 Å². The largest absolute Gasteiger partial charge is 0.361 e. The molecule has 2 aromatic rings. The van der Waals surface area contributed by atoms with E-state index in [0.717, 1.165) is 36.4 Å². The maximum Gasteiger partial charge on any atom is 0.242 e. The van der Waals surface area contributed by atoms with E-state index in [2.05, 4.69) is 10.5 Å². The Kier molecular flexibility index (Phi) is 3.98. The molecule has 5 heteroatoms. The van der Waals surface area contributed by atoms with Gasteiger partial charge in [-0.3, -0.25) is 4.79 Å². The Bertz CT molecular complexity index is 643. The molecular formula is C17H21N3O2. The van der Waals surface area contributed by atoms with Crippen LogP contribution < -0.4 is 5.32 Å². The third-order valence-corrected chi connectivity index (χ3v) is 4.16. The van der Waals surface area contributed by atoms with Crippen LogP contribution in [-0.4, -0.2) is 42.1 Å². The molecule has 1 aliphatic heterocycles. The quantitative estimate of drug-likeness (QED) is 0.939. The number of hydrogen-bond acceptors (Lipinski definition) is 4. The van der Waals surface area contributed by atoms with Crippen LogP contribution in [0.25, 0.3) is 11.3 Å². The van der Waals surface area contributed by atoms with Crippen molar-refractivity contribution in [1.29, 1.82) is 0 Å². The van der Waals surface area contributed by atoms with Crippen molar-refractivity contribution in [2.45, 2.75) is 24.8 Å². The SMILES string of the molecule is CN(C)C(=O)[C@@]1(Cc2cc(-c3ccccc3)no2)CCCN1. The first-order chi connectivity index (χ1) is 10.6. The van der Waals surface area contributed by atoms with Gasteiger partial charge in [0.15, 0.2) is 0 Å². The first-order valence-corrected chi connectivity index (χ1v) is 7.58. The van der Waals surface area contributed by atoms with Gasteiger partial charge in [0, 0.05) is 32.1 Å². The lowest BCUT2D eigenvalue weighted by Gasteiger charge is -2.30. The molecule has 2 heterocycles. The first kappa shape index (κ1) is 14.8. The smallest absolute Gasteiger partial charge is 0.242 e. The lowest BCUT2D eigenvalue weighted by molar-refractivity contribution is -0.135. The summed E-state index contributed by atoms with van der Waals surface area (Å²) in [6.07, 6.45) is 2.36. The van der Waals surface area contributed by atoms with Gasteiger partial charge >= 0.3 is 0 Å². The van der Waals surface area contributed by atoms with Gasteiger partial charge in [-0.25, -0.2) is 0 Å². The van der Waals surface area contributed by atoms with Gasteiger partial charge in [-0.2, -0.15) is 0 Å². The fourth-order valence-corrected chi connectivity index (χ4v) is 3.08. The monoisotopic (exact) mass is 299 g/mol. The summed E-state index contributed by atoms with van der Waals surface area (Å²) in [6.45, 7) is 0.860. The predicted octanol–water partition coefficient (Wildman–Crippen LogP) is 2.09. The molecular weight excluding hydrogens is 278 g/mol. The van der Waals surface area contributed by atoms with Crippen molar-refractivity contribution in [3.8, 4) is 11.3 Å². The zero-order valence-electron chi connectivity index (χ0n) is 13.0. The Morgan fingerprint density at radius 2 is 2.14 bits per heavy atom. The van der Waals surface area contributed by atoms with Crippen LogP contribution in [0.2, 0.25) is 0 Å². The molecule has 3 rings (SSSR count). The molecule has 1 N–H and O–H groups in total. The van der Waals surface area contributed by atoms with Gasteiger partial charge in [-0.15, -0.1) is 0 Å². The van der Waals surface area contributed by atoms with Crippen molar-refractivity contribution < 1.29 is 9.32 Å². The number of carbonyl (C=O) groups excluding carboxylic acids is 1. The maximum atomic E-state index is 12.5. The lowest BCUT2D eigenvalue weighted by atomic mass is 9.90. The Morgan fingerprint density at radius 1 is 1.36 bits per heavy atom. The van der Waals surface area contributed by atoms with E-state index in [1.165, 1.54) is 0 Å². The van der Waals surface area contributed by atoms with Crippen molar-refractivity contribution in [2.75, 3.05) is 20.6 Å². The van der Waals surface area contributed by atoms with E-state index >= 15 is 0 Å². The molecule has 1 aromatic heterocycles. The second-order valence-electron chi connectivity index (χ2n) is 6.03. The minimum absolute atomic E-state index is 0.0997. The number of nitrogens with one attached hydrogen (secondary N) is 1. The standard InChI is InChI=1S/C17H21N3O2/c1-20(2)16(21)17(9-6-10-18-17)12-14-11-15(19-22-14)13-7-4-3-5-8-13/h3-5,7-8,11,18H,6,9-10,12H2,1-2H3/t17-/m0/s1. The number of rotatable bonds is 4. The molecule has 1 aromatic carbocycles. The fraction of sp³-hybridized carbons (Fsp3) is 0.412. The summed E-state index contributed by atoms with van der Waals surface area (Å²) in [6, 6.07) is 11.8. The van der Waals surface area contributed by atoms with Crippen LogP contribution in [-0.2, 0) is 11.2 Å². The Labute approximate surface area is 130 Å². The minimum Gasteiger partial charge on any atom is -0.361 e. The summed E-state index contributed by atoms with van der Waals surface area (Å²) in [5.74, 6) is 0.839. The zero-order chi connectivity index (χ0) is 15.6. The number of aromatic nitrogens is 1. The van der Waals surface area contributed by atoms with E-state index in [4.69, 9.17) is 4.52 Å². The molecule has 0 unspecified atom stereocenters. The van der Waals surface area contributed by atoms with Crippen molar-refractivity contribution >= 4 is 5.91 Å². The van der Waals surface area contributed by atoms with Crippen molar-refractivity contribution in [1.82, 2.24) is 15.4 Å². The molecule has 0 bridgehead atoms.